The molecule has 102 valence electrons. The molecule has 4 heteroatoms. The van der Waals surface area contributed by atoms with Crippen molar-refractivity contribution in [3.05, 3.63) is 0 Å². The molecule has 3 aliphatic rings. The molecule has 0 aromatic rings. The predicted octanol–water partition coefficient (Wildman–Crippen LogP) is 1.47. The fraction of sp³-hybridized carbons (Fsp3) is 0.929. The average Bonchev–Trinajstić information content (AvgIpc) is 2.80. The lowest BCUT2D eigenvalue weighted by atomic mass is 9.87. The molecule has 0 aromatic carbocycles. The Morgan fingerprint density at radius 1 is 1.39 bits per heavy atom. The third kappa shape index (κ3) is 2.11. The van der Waals surface area contributed by atoms with Gasteiger partial charge in [-0.3, -0.25) is 4.99 Å². The summed E-state index contributed by atoms with van der Waals surface area (Å²) in [7, 11) is 1.90. The molecule has 1 saturated carbocycles. The van der Waals surface area contributed by atoms with Crippen molar-refractivity contribution in [2.45, 2.75) is 39.2 Å². The van der Waals surface area contributed by atoms with Crippen molar-refractivity contribution in [1.29, 1.82) is 0 Å². The second kappa shape index (κ2) is 4.12. The van der Waals surface area contributed by atoms with Crippen LogP contribution in [0, 0.1) is 10.8 Å². The van der Waals surface area contributed by atoms with Gasteiger partial charge < -0.3 is 15.0 Å². The summed E-state index contributed by atoms with van der Waals surface area (Å²) in [6, 6.07) is 0.604. The molecule has 3 fully saturated rings. The molecule has 2 unspecified atom stereocenters. The third-order valence-corrected chi connectivity index (χ3v) is 4.95. The minimum atomic E-state index is 0.413. The number of hydrogen-bond acceptors (Lipinski definition) is 2. The van der Waals surface area contributed by atoms with E-state index in [2.05, 4.69) is 29.1 Å². The monoisotopic (exact) mass is 251 g/mol. The summed E-state index contributed by atoms with van der Waals surface area (Å²) in [6.07, 6.45) is 3.73. The number of rotatable bonds is 1. The van der Waals surface area contributed by atoms with E-state index in [1.165, 1.54) is 19.3 Å². The topological polar surface area (TPSA) is 36.9 Å². The summed E-state index contributed by atoms with van der Waals surface area (Å²) >= 11 is 0. The molecule has 0 bridgehead atoms. The fourth-order valence-electron chi connectivity index (χ4n) is 3.25. The summed E-state index contributed by atoms with van der Waals surface area (Å²) in [6.45, 7) is 8.74. The highest BCUT2D eigenvalue weighted by Crippen LogP contribution is 2.45. The Balaban J connectivity index is 1.60. The normalized spacial score (nSPS) is 38.5. The van der Waals surface area contributed by atoms with Gasteiger partial charge in [0.05, 0.1) is 6.61 Å². The van der Waals surface area contributed by atoms with Crippen LogP contribution in [0.25, 0.3) is 0 Å². The van der Waals surface area contributed by atoms with Gasteiger partial charge in [-0.1, -0.05) is 13.8 Å². The van der Waals surface area contributed by atoms with Gasteiger partial charge in [0, 0.05) is 38.2 Å². The second-order valence-electron chi connectivity index (χ2n) is 6.91. The zero-order chi connectivity index (χ0) is 12.8. The maximum absolute atomic E-state index is 5.58. The highest BCUT2D eigenvalue weighted by Gasteiger charge is 2.48. The van der Waals surface area contributed by atoms with Gasteiger partial charge in [-0.05, 0) is 24.7 Å². The number of likely N-dealkylation sites (tertiary alicyclic amines) is 1. The molecule has 2 aliphatic heterocycles. The van der Waals surface area contributed by atoms with E-state index >= 15 is 0 Å². The summed E-state index contributed by atoms with van der Waals surface area (Å²) < 4.78 is 5.58. The molecular weight excluding hydrogens is 226 g/mol. The van der Waals surface area contributed by atoms with Crippen molar-refractivity contribution in [2.75, 3.05) is 33.4 Å². The molecule has 2 atom stereocenters. The Labute approximate surface area is 110 Å². The molecular formula is C14H25N3O. The van der Waals surface area contributed by atoms with Crippen LogP contribution in [-0.4, -0.2) is 50.3 Å². The first kappa shape index (κ1) is 12.3. The molecule has 0 amide bonds. The van der Waals surface area contributed by atoms with Crippen molar-refractivity contribution in [1.82, 2.24) is 10.2 Å². The molecule has 1 spiro atoms. The van der Waals surface area contributed by atoms with Crippen molar-refractivity contribution in [3.63, 3.8) is 0 Å². The lowest BCUT2D eigenvalue weighted by Gasteiger charge is -2.25. The summed E-state index contributed by atoms with van der Waals surface area (Å²) in [5, 5.41) is 3.61. The Kier molecular flexibility index (Phi) is 2.81. The van der Waals surface area contributed by atoms with E-state index in [1.54, 1.807) is 0 Å². The average molecular weight is 251 g/mol. The van der Waals surface area contributed by atoms with Crippen LogP contribution < -0.4 is 5.32 Å². The van der Waals surface area contributed by atoms with Crippen molar-refractivity contribution in [3.8, 4) is 0 Å². The van der Waals surface area contributed by atoms with Crippen LogP contribution >= 0.6 is 0 Å². The first-order valence-corrected chi connectivity index (χ1v) is 7.11. The maximum Gasteiger partial charge on any atom is 0.193 e. The Morgan fingerprint density at radius 3 is 2.72 bits per heavy atom. The van der Waals surface area contributed by atoms with Gasteiger partial charge in [0.1, 0.15) is 0 Å². The zero-order valence-electron chi connectivity index (χ0n) is 11.8. The number of aliphatic imine (C=N–C) groups is 1. The molecule has 0 radical (unpaired) electrons. The second-order valence-corrected chi connectivity index (χ2v) is 6.91. The summed E-state index contributed by atoms with van der Waals surface area (Å²) in [5.41, 5.74) is 0.862. The molecule has 0 aromatic heterocycles. The van der Waals surface area contributed by atoms with Gasteiger partial charge in [0.25, 0.3) is 0 Å². The Morgan fingerprint density at radius 2 is 2.17 bits per heavy atom. The van der Waals surface area contributed by atoms with E-state index in [-0.39, 0.29) is 0 Å². The van der Waals surface area contributed by atoms with Gasteiger partial charge in [-0.15, -0.1) is 0 Å². The van der Waals surface area contributed by atoms with Gasteiger partial charge in [-0.25, -0.2) is 0 Å². The van der Waals surface area contributed by atoms with Crippen LogP contribution in [0.5, 0.6) is 0 Å². The van der Waals surface area contributed by atoms with Gasteiger partial charge in [-0.2, -0.15) is 0 Å². The molecule has 2 heterocycles. The third-order valence-electron chi connectivity index (χ3n) is 4.95. The largest absolute Gasteiger partial charge is 0.381 e. The van der Waals surface area contributed by atoms with Crippen LogP contribution in [0.3, 0.4) is 0 Å². The summed E-state index contributed by atoms with van der Waals surface area (Å²) in [4.78, 5) is 6.88. The first-order valence-electron chi connectivity index (χ1n) is 7.11. The van der Waals surface area contributed by atoms with Gasteiger partial charge >= 0.3 is 0 Å². The fourth-order valence-corrected chi connectivity index (χ4v) is 3.25. The smallest absolute Gasteiger partial charge is 0.193 e. The van der Waals surface area contributed by atoms with Gasteiger partial charge in [0.15, 0.2) is 5.96 Å². The molecule has 2 saturated heterocycles. The van der Waals surface area contributed by atoms with E-state index in [0.29, 0.717) is 16.9 Å². The van der Waals surface area contributed by atoms with Crippen LogP contribution in [0.15, 0.2) is 4.99 Å². The maximum atomic E-state index is 5.58. The molecule has 1 N–H and O–H groups in total. The van der Waals surface area contributed by atoms with Crippen molar-refractivity contribution >= 4 is 5.96 Å². The molecule has 4 nitrogen and oxygen atoms in total. The number of nitrogens with zero attached hydrogens (tertiary/aromatic N) is 2. The Hall–Kier alpha value is -0.770. The van der Waals surface area contributed by atoms with E-state index in [9.17, 15) is 0 Å². The first-order chi connectivity index (χ1) is 8.55. The minimum Gasteiger partial charge on any atom is -0.381 e. The number of nitrogens with one attached hydrogen (secondary N) is 1. The highest BCUT2D eigenvalue weighted by atomic mass is 16.5. The molecule has 3 rings (SSSR count). The lowest BCUT2D eigenvalue weighted by molar-refractivity contribution is 0.156. The van der Waals surface area contributed by atoms with E-state index in [0.717, 1.165) is 32.3 Å². The van der Waals surface area contributed by atoms with E-state index in [4.69, 9.17) is 4.74 Å². The van der Waals surface area contributed by atoms with Crippen molar-refractivity contribution < 1.29 is 4.74 Å². The number of hydrogen-bond donors (Lipinski definition) is 1. The SMILES string of the molecule is CN=C(NC1CC1(C)C)N1CCC2(CCOC2)C1. The minimum absolute atomic E-state index is 0.413. The predicted molar refractivity (Wildman–Crippen MR) is 72.7 cm³/mol. The number of guanidine groups is 1. The molecule has 18 heavy (non-hydrogen) atoms. The van der Waals surface area contributed by atoms with Gasteiger partial charge in [0.2, 0.25) is 0 Å². The Bertz CT molecular complexity index is 358. The summed E-state index contributed by atoms with van der Waals surface area (Å²) in [5.74, 6) is 1.09. The standard InChI is InChI=1S/C14H25N3O/c1-13(2)8-11(13)16-12(15-3)17-6-4-14(9-17)5-7-18-10-14/h11H,4-10H2,1-3H3,(H,15,16). The highest BCUT2D eigenvalue weighted by molar-refractivity contribution is 5.81. The van der Waals surface area contributed by atoms with E-state index in [1.807, 2.05) is 7.05 Å². The van der Waals surface area contributed by atoms with E-state index < -0.39 is 0 Å². The lowest BCUT2D eigenvalue weighted by Crippen LogP contribution is -2.43. The number of ether oxygens (including phenoxy) is 1. The van der Waals surface area contributed by atoms with Crippen molar-refractivity contribution in [2.24, 2.45) is 15.8 Å². The van der Waals surface area contributed by atoms with Crippen LogP contribution in [-0.2, 0) is 4.74 Å². The van der Waals surface area contributed by atoms with Crippen LogP contribution in [0.2, 0.25) is 0 Å². The quantitative estimate of drug-likeness (QED) is 0.566. The van der Waals surface area contributed by atoms with Crippen LogP contribution in [0.4, 0.5) is 0 Å². The zero-order valence-corrected chi connectivity index (χ0v) is 11.8. The van der Waals surface area contributed by atoms with Crippen LogP contribution in [0.1, 0.15) is 33.1 Å². The molecule has 1 aliphatic carbocycles.